The van der Waals surface area contributed by atoms with Gasteiger partial charge in [-0.25, -0.2) is 0 Å². The standard InChI is InChI=1S/C12H13NOS/c1-3-5-10(6-4-2)14-11-7-8-13-9-12(11)15/h3-9,15H,1H2,2H3/b6-4-,10-5+. The van der Waals surface area contributed by atoms with Crippen molar-refractivity contribution >= 4 is 12.6 Å². The molecule has 0 N–H and O–H groups in total. The zero-order valence-corrected chi connectivity index (χ0v) is 9.45. The van der Waals surface area contributed by atoms with Gasteiger partial charge in [-0.2, -0.15) is 0 Å². The minimum absolute atomic E-state index is 0.680. The Bertz CT molecular complexity index is 396. The molecule has 0 atom stereocenters. The molecule has 0 bridgehead atoms. The van der Waals surface area contributed by atoms with Gasteiger partial charge in [0.1, 0.15) is 11.5 Å². The average molecular weight is 219 g/mol. The second kappa shape index (κ2) is 6.09. The lowest BCUT2D eigenvalue weighted by Crippen LogP contribution is -1.93. The predicted molar refractivity (Wildman–Crippen MR) is 65.2 cm³/mol. The van der Waals surface area contributed by atoms with Crippen LogP contribution in [0.3, 0.4) is 0 Å². The van der Waals surface area contributed by atoms with E-state index in [4.69, 9.17) is 4.74 Å². The van der Waals surface area contributed by atoms with Gasteiger partial charge in [-0.15, -0.1) is 12.6 Å². The second-order valence-corrected chi connectivity index (χ2v) is 3.23. The Morgan fingerprint density at radius 3 is 3.00 bits per heavy atom. The molecular weight excluding hydrogens is 206 g/mol. The van der Waals surface area contributed by atoms with Crippen molar-refractivity contribution in [1.82, 2.24) is 4.98 Å². The van der Waals surface area contributed by atoms with Crippen molar-refractivity contribution < 1.29 is 4.74 Å². The average Bonchev–Trinajstić information content (AvgIpc) is 2.22. The summed E-state index contributed by atoms with van der Waals surface area (Å²) in [5, 5.41) is 0. The van der Waals surface area contributed by atoms with Crippen LogP contribution in [-0.4, -0.2) is 4.98 Å². The molecule has 0 fully saturated rings. The number of aromatic nitrogens is 1. The van der Waals surface area contributed by atoms with E-state index in [0.29, 0.717) is 16.4 Å². The zero-order valence-electron chi connectivity index (χ0n) is 8.55. The number of pyridine rings is 1. The smallest absolute Gasteiger partial charge is 0.143 e. The van der Waals surface area contributed by atoms with Gasteiger partial charge in [-0.05, 0) is 19.1 Å². The molecule has 1 aromatic rings. The van der Waals surface area contributed by atoms with E-state index in [9.17, 15) is 0 Å². The molecule has 0 saturated carbocycles. The summed E-state index contributed by atoms with van der Waals surface area (Å²) in [6.45, 7) is 5.55. The third kappa shape index (κ3) is 3.64. The maximum absolute atomic E-state index is 5.61. The summed E-state index contributed by atoms with van der Waals surface area (Å²) in [7, 11) is 0. The Labute approximate surface area is 95.4 Å². The molecule has 0 amide bonds. The minimum atomic E-state index is 0.680. The Hall–Kier alpha value is -1.48. The molecule has 0 unspecified atom stereocenters. The van der Waals surface area contributed by atoms with Gasteiger partial charge in [0.15, 0.2) is 0 Å². The molecule has 0 spiro atoms. The summed E-state index contributed by atoms with van der Waals surface area (Å²) >= 11 is 4.24. The van der Waals surface area contributed by atoms with Crippen molar-refractivity contribution in [1.29, 1.82) is 0 Å². The number of allylic oxidation sites excluding steroid dienone is 4. The summed E-state index contributed by atoms with van der Waals surface area (Å²) in [5.41, 5.74) is 0. The maximum atomic E-state index is 5.61. The fourth-order valence-corrected chi connectivity index (χ4v) is 1.18. The van der Waals surface area contributed by atoms with Gasteiger partial charge in [-0.3, -0.25) is 4.98 Å². The van der Waals surface area contributed by atoms with E-state index in [1.807, 2.05) is 19.1 Å². The predicted octanol–water partition coefficient (Wildman–Crippen LogP) is 3.40. The van der Waals surface area contributed by atoms with Gasteiger partial charge < -0.3 is 4.74 Å². The molecule has 3 heteroatoms. The molecule has 0 aliphatic rings. The molecule has 0 aromatic carbocycles. The molecule has 0 saturated heterocycles. The van der Waals surface area contributed by atoms with Gasteiger partial charge in [0.25, 0.3) is 0 Å². The van der Waals surface area contributed by atoms with Crippen LogP contribution in [0.5, 0.6) is 5.75 Å². The molecule has 15 heavy (non-hydrogen) atoms. The van der Waals surface area contributed by atoms with Crippen molar-refractivity contribution in [2.24, 2.45) is 0 Å². The number of thiol groups is 1. The highest BCUT2D eigenvalue weighted by atomic mass is 32.1. The second-order valence-electron chi connectivity index (χ2n) is 2.75. The van der Waals surface area contributed by atoms with Crippen molar-refractivity contribution in [3.05, 3.63) is 55.1 Å². The van der Waals surface area contributed by atoms with Crippen molar-refractivity contribution in [2.45, 2.75) is 11.8 Å². The third-order valence-corrected chi connectivity index (χ3v) is 1.94. The van der Waals surface area contributed by atoms with E-state index in [1.165, 1.54) is 0 Å². The minimum Gasteiger partial charge on any atom is -0.456 e. The molecule has 1 aromatic heterocycles. The van der Waals surface area contributed by atoms with Crippen LogP contribution in [0.2, 0.25) is 0 Å². The highest BCUT2D eigenvalue weighted by molar-refractivity contribution is 7.80. The Kier molecular flexibility index (Phi) is 4.71. The summed E-state index contributed by atoms with van der Waals surface area (Å²) in [6, 6.07) is 1.77. The number of hydrogen-bond acceptors (Lipinski definition) is 3. The normalized spacial score (nSPS) is 11.7. The van der Waals surface area contributed by atoms with Gasteiger partial charge in [-0.1, -0.05) is 18.7 Å². The largest absolute Gasteiger partial charge is 0.456 e. The molecular formula is C12H13NOS. The molecule has 0 radical (unpaired) electrons. The molecule has 0 aliphatic carbocycles. The van der Waals surface area contributed by atoms with Gasteiger partial charge >= 0.3 is 0 Å². The highest BCUT2D eigenvalue weighted by Crippen LogP contribution is 2.22. The van der Waals surface area contributed by atoms with Crippen LogP contribution < -0.4 is 4.74 Å². The van der Waals surface area contributed by atoms with Crippen molar-refractivity contribution in [3.63, 3.8) is 0 Å². The third-order valence-electron chi connectivity index (χ3n) is 1.60. The van der Waals surface area contributed by atoms with Crippen LogP contribution >= 0.6 is 12.6 Å². The van der Waals surface area contributed by atoms with Crippen LogP contribution in [-0.2, 0) is 0 Å². The van der Waals surface area contributed by atoms with Gasteiger partial charge in [0, 0.05) is 18.5 Å². The summed E-state index contributed by atoms with van der Waals surface area (Å²) < 4.78 is 5.61. The molecule has 78 valence electrons. The van der Waals surface area contributed by atoms with Gasteiger partial charge in [0.05, 0.1) is 4.90 Å². The number of nitrogens with zero attached hydrogens (tertiary/aromatic N) is 1. The van der Waals surface area contributed by atoms with Crippen molar-refractivity contribution in [2.75, 3.05) is 0 Å². The Morgan fingerprint density at radius 1 is 1.60 bits per heavy atom. The highest BCUT2D eigenvalue weighted by Gasteiger charge is 2.00. The lowest BCUT2D eigenvalue weighted by Gasteiger charge is -2.07. The monoisotopic (exact) mass is 219 g/mol. The number of rotatable bonds is 4. The first-order valence-corrected chi connectivity index (χ1v) is 4.99. The maximum Gasteiger partial charge on any atom is 0.143 e. The molecule has 1 heterocycles. The first-order valence-electron chi connectivity index (χ1n) is 4.54. The van der Waals surface area contributed by atoms with Crippen LogP contribution in [0.4, 0.5) is 0 Å². The molecule has 1 rings (SSSR count). The first-order chi connectivity index (χ1) is 7.27. The number of hydrogen-bond donors (Lipinski definition) is 1. The van der Waals surface area contributed by atoms with E-state index in [-0.39, 0.29) is 0 Å². The fourth-order valence-electron chi connectivity index (χ4n) is 0.991. The fraction of sp³-hybridized carbons (Fsp3) is 0.0833. The van der Waals surface area contributed by atoms with E-state index < -0.39 is 0 Å². The van der Waals surface area contributed by atoms with E-state index in [2.05, 4.69) is 24.2 Å². The SMILES string of the molecule is C=C/C=C(\C=C/C)Oc1ccncc1S. The molecule has 0 aliphatic heterocycles. The van der Waals surface area contributed by atoms with Crippen LogP contribution in [0.15, 0.2) is 60.0 Å². The summed E-state index contributed by atoms with van der Waals surface area (Å²) in [6.07, 6.45) is 10.5. The topological polar surface area (TPSA) is 22.1 Å². The van der Waals surface area contributed by atoms with Crippen LogP contribution in [0.1, 0.15) is 6.92 Å². The van der Waals surface area contributed by atoms with E-state index >= 15 is 0 Å². The molecule has 2 nitrogen and oxygen atoms in total. The lowest BCUT2D eigenvalue weighted by molar-refractivity contribution is 0.433. The number of ether oxygens (including phenoxy) is 1. The summed E-state index contributed by atoms with van der Waals surface area (Å²) in [5.74, 6) is 1.40. The van der Waals surface area contributed by atoms with Gasteiger partial charge in [0.2, 0.25) is 0 Å². The van der Waals surface area contributed by atoms with E-state index in [1.54, 1.807) is 30.6 Å². The zero-order chi connectivity index (χ0) is 11.1. The van der Waals surface area contributed by atoms with Crippen LogP contribution in [0, 0.1) is 0 Å². The lowest BCUT2D eigenvalue weighted by atomic mass is 10.4. The summed E-state index contributed by atoms with van der Waals surface area (Å²) in [4.78, 5) is 4.64. The quantitative estimate of drug-likeness (QED) is 0.476. The van der Waals surface area contributed by atoms with Crippen LogP contribution in [0.25, 0.3) is 0 Å². The van der Waals surface area contributed by atoms with Crippen molar-refractivity contribution in [3.8, 4) is 5.75 Å². The van der Waals surface area contributed by atoms with E-state index in [0.717, 1.165) is 0 Å². The first kappa shape index (κ1) is 11.6. The Morgan fingerprint density at radius 2 is 2.40 bits per heavy atom. The Balaban J connectivity index is 2.88.